The maximum atomic E-state index is 13.7. The van der Waals surface area contributed by atoms with E-state index in [1.807, 2.05) is 12.1 Å². The number of ether oxygens (including phenoxy) is 1. The van der Waals surface area contributed by atoms with Gasteiger partial charge in [-0.05, 0) is 87.8 Å². The molecule has 2 fully saturated rings. The van der Waals surface area contributed by atoms with E-state index < -0.39 is 5.60 Å². The predicted molar refractivity (Wildman–Crippen MR) is 131 cm³/mol. The number of piperazine rings is 1. The van der Waals surface area contributed by atoms with E-state index in [0.717, 1.165) is 50.6 Å². The molecule has 2 aromatic carbocycles. The molecule has 0 amide bonds. The van der Waals surface area contributed by atoms with E-state index in [9.17, 15) is 4.39 Å². The van der Waals surface area contributed by atoms with E-state index in [1.165, 1.54) is 36.0 Å². The lowest BCUT2D eigenvalue weighted by atomic mass is 9.81. The molecule has 0 bridgehead atoms. The van der Waals surface area contributed by atoms with Gasteiger partial charge in [-0.15, -0.1) is 0 Å². The lowest BCUT2D eigenvalue weighted by molar-refractivity contribution is -0.0140. The summed E-state index contributed by atoms with van der Waals surface area (Å²) in [6.07, 6.45) is 5.92. The number of likely N-dealkylation sites (N-methyl/N-ethyl adjacent to an activating group) is 1. The van der Waals surface area contributed by atoms with Crippen LogP contribution in [0.3, 0.4) is 0 Å². The van der Waals surface area contributed by atoms with Crippen LogP contribution in [0.2, 0.25) is 0 Å². The maximum absolute atomic E-state index is 13.7. The Bertz CT molecular complexity index is 962. The Kier molecular flexibility index (Phi) is 6.58. The molecule has 2 aromatic rings. The van der Waals surface area contributed by atoms with Gasteiger partial charge in [0.25, 0.3) is 0 Å². The van der Waals surface area contributed by atoms with Crippen molar-refractivity contribution in [2.75, 3.05) is 40.8 Å². The molecule has 0 radical (unpaired) electrons. The lowest BCUT2D eigenvalue weighted by Gasteiger charge is -2.43. The molecule has 1 saturated carbocycles. The van der Waals surface area contributed by atoms with Crippen LogP contribution in [0.4, 0.5) is 4.39 Å². The van der Waals surface area contributed by atoms with Crippen molar-refractivity contribution in [2.24, 2.45) is 0 Å². The van der Waals surface area contributed by atoms with E-state index in [2.05, 4.69) is 54.0 Å². The standard InChI is InChI=1S/C28H38FN3O/c1-30(2)15-5-14-28(23-9-11-24(29)12-10-23)25-13-8-21(18-22(25)20-33-28)19-32-17-16-31(3)26-6-4-7-27(26)32/h8-13,18,26-27H,4-7,14-17,19-20H2,1-3H3. The number of rotatable bonds is 7. The van der Waals surface area contributed by atoms with Crippen molar-refractivity contribution < 1.29 is 9.13 Å². The van der Waals surface area contributed by atoms with Gasteiger partial charge in [-0.25, -0.2) is 4.39 Å². The zero-order valence-electron chi connectivity index (χ0n) is 20.4. The van der Waals surface area contributed by atoms with Gasteiger partial charge in [0.05, 0.1) is 6.61 Å². The van der Waals surface area contributed by atoms with Gasteiger partial charge in [0.1, 0.15) is 11.4 Å². The van der Waals surface area contributed by atoms with Crippen LogP contribution in [0.5, 0.6) is 0 Å². The normalized spacial score (nSPS) is 27.8. The molecule has 2 heterocycles. The van der Waals surface area contributed by atoms with Crippen molar-refractivity contribution in [3.05, 3.63) is 70.5 Å². The summed E-state index contributed by atoms with van der Waals surface area (Å²) in [5.41, 5.74) is 4.51. The van der Waals surface area contributed by atoms with Gasteiger partial charge in [0.15, 0.2) is 0 Å². The van der Waals surface area contributed by atoms with Crippen LogP contribution in [0, 0.1) is 5.82 Å². The molecule has 3 atom stereocenters. The van der Waals surface area contributed by atoms with Crippen LogP contribution in [0.25, 0.3) is 0 Å². The molecule has 33 heavy (non-hydrogen) atoms. The summed E-state index contributed by atoms with van der Waals surface area (Å²) in [7, 11) is 6.50. The molecule has 2 aliphatic heterocycles. The fourth-order valence-corrected chi connectivity index (χ4v) is 6.40. The molecular formula is C28H38FN3O. The Morgan fingerprint density at radius 1 is 1.06 bits per heavy atom. The summed E-state index contributed by atoms with van der Waals surface area (Å²) >= 11 is 0. The first kappa shape index (κ1) is 23.0. The minimum atomic E-state index is -0.484. The van der Waals surface area contributed by atoms with E-state index in [-0.39, 0.29) is 5.82 Å². The molecule has 3 unspecified atom stereocenters. The van der Waals surface area contributed by atoms with Gasteiger partial charge in [0, 0.05) is 31.7 Å². The average Bonchev–Trinajstić information content (AvgIpc) is 3.43. The highest BCUT2D eigenvalue weighted by Gasteiger charge is 2.42. The highest BCUT2D eigenvalue weighted by Crippen LogP contribution is 2.46. The number of nitrogens with zero attached hydrogens (tertiary/aromatic N) is 3. The van der Waals surface area contributed by atoms with Crippen LogP contribution in [0.15, 0.2) is 42.5 Å². The Balaban J connectivity index is 1.40. The zero-order chi connectivity index (χ0) is 23.0. The SMILES string of the molecule is CN(C)CCCC1(c2ccc(F)cc2)OCc2cc(CN3CCN(C)C4CCCC43)ccc21. The van der Waals surface area contributed by atoms with Crippen molar-refractivity contribution >= 4 is 0 Å². The molecule has 4 nitrogen and oxygen atoms in total. The van der Waals surface area contributed by atoms with Gasteiger partial charge >= 0.3 is 0 Å². The van der Waals surface area contributed by atoms with Gasteiger partial charge in [-0.1, -0.05) is 36.8 Å². The zero-order valence-corrected chi connectivity index (χ0v) is 20.4. The number of hydrogen-bond donors (Lipinski definition) is 0. The van der Waals surface area contributed by atoms with Crippen LogP contribution >= 0.6 is 0 Å². The minimum Gasteiger partial charge on any atom is -0.361 e. The third kappa shape index (κ3) is 4.49. The molecule has 0 N–H and O–H groups in total. The van der Waals surface area contributed by atoms with Crippen molar-refractivity contribution in [1.82, 2.24) is 14.7 Å². The van der Waals surface area contributed by atoms with Crippen LogP contribution in [-0.2, 0) is 23.5 Å². The second-order valence-electron chi connectivity index (χ2n) is 10.5. The van der Waals surface area contributed by atoms with Crippen molar-refractivity contribution in [3.63, 3.8) is 0 Å². The minimum absolute atomic E-state index is 0.201. The van der Waals surface area contributed by atoms with E-state index in [0.29, 0.717) is 12.6 Å². The summed E-state index contributed by atoms with van der Waals surface area (Å²) in [6.45, 7) is 4.96. The number of benzene rings is 2. The molecule has 0 aromatic heterocycles. The van der Waals surface area contributed by atoms with Gasteiger partial charge < -0.3 is 14.5 Å². The first-order valence-corrected chi connectivity index (χ1v) is 12.6. The molecule has 3 aliphatic rings. The summed E-state index contributed by atoms with van der Waals surface area (Å²) in [4.78, 5) is 7.48. The maximum Gasteiger partial charge on any atom is 0.123 e. The van der Waals surface area contributed by atoms with Gasteiger partial charge in [0.2, 0.25) is 0 Å². The summed E-state index contributed by atoms with van der Waals surface area (Å²) in [5.74, 6) is -0.201. The van der Waals surface area contributed by atoms with E-state index >= 15 is 0 Å². The predicted octanol–water partition coefficient (Wildman–Crippen LogP) is 4.61. The van der Waals surface area contributed by atoms with E-state index in [1.54, 1.807) is 12.1 Å². The quantitative estimate of drug-likeness (QED) is 0.612. The number of halogens is 1. The first-order chi connectivity index (χ1) is 16.0. The molecule has 5 rings (SSSR count). The smallest absolute Gasteiger partial charge is 0.123 e. The second-order valence-corrected chi connectivity index (χ2v) is 10.5. The highest BCUT2D eigenvalue weighted by atomic mass is 19.1. The highest BCUT2D eigenvalue weighted by molar-refractivity contribution is 5.45. The lowest BCUT2D eigenvalue weighted by Crippen LogP contribution is -2.55. The van der Waals surface area contributed by atoms with Crippen molar-refractivity contribution in [1.29, 1.82) is 0 Å². The van der Waals surface area contributed by atoms with Gasteiger partial charge in [-0.3, -0.25) is 4.90 Å². The second kappa shape index (κ2) is 9.46. The monoisotopic (exact) mass is 451 g/mol. The van der Waals surface area contributed by atoms with Crippen LogP contribution < -0.4 is 0 Å². The summed E-state index contributed by atoms with van der Waals surface area (Å²) in [6, 6.07) is 15.3. The largest absolute Gasteiger partial charge is 0.361 e. The van der Waals surface area contributed by atoms with Crippen LogP contribution in [-0.4, -0.2) is 67.6 Å². The molecule has 178 valence electrons. The average molecular weight is 452 g/mol. The molecule has 1 aliphatic carbocycles. The fourth-order valence-electron chi connectivity index (χ4n) is 6.40. The Morgan fingerprint density at radius 2 is 1.85 bits per heavy atom. The Labute approximate surface area is 198 Å². The fraction of sp³-hybridized carbons (Fsp3) is 0.571. The van der Waals surface area contributed by atoms with Crippen molar-refractivity contribution in [2.45, 2.75) is 62.9 Å². The molecule has 0 spiro atoms. The third-order valence-corrected chi connectivity index (χ3v) is 8.13. The summed E-state index contributed by atoms with van der Waals surface area (Å²) in [5, 5.41) is 0. The Morgan fingerprint density at radius 3 is 2.64 bits per heavy atom. The van der Waals surface area contributed by atoms with Gasteiger partial charge in [-0.2, -0.15) is 0 Å². The molecule has 1 saturated heterocycles. The van der Waals surface area contributed by atoms with E-state index in [4.69, 9.17) is 4.74 Å². The Hall–Kier alpha value is -1.79. The summed E-state index contributed by atoms with van der Waals surface area (Å²) < 4.78 is 20.3. The topological polar surface area (TPSA) is 19.0 Å². The van der Waals surface area contributed by atoms with Crippen molar-refractivity contribution in [3.8, 4) is 0 Å². The number of fused-ring (bicyclic) bond motifs is 2. The first-order valence-electron chi connectivity index (χ1n) is 12.6. The van der Waals surface area contributed by atoms with Crippen LogP contribution in [0.1, 0.15) is 54.4 Å². The molecular weight excluding hydrogens is 413 g/mol. The molecule has 5 heteroatoms. The number of hydrogen-bond acceptors (Lipinski definition) is 4. The third-order valence-electron chi connectivity index (χ3n) is 8.13.